The van der Waals surface area contributed by atoms with Crippen molar-refractivity contribution in [2.45, 2.75) is 25.9 Å². The van der Waals surface area contributed by atoms with E-state index in [2.05, 4.69) is 4.98 Å². The number of para-hydroxylation sites is 1. The summed E-state index contributed by atoms with van der Waals surface area (Å²) in [6.07, 6.45) is -2.62. The van der Waals surface area contributed by atoms with E-state index in [1.807, 2.05) is 13.8 Å². The lowest BCUT2D eigenvalue weighted by Crippen LogP contribution is -2.08. The van der Waals surface area contributed by atoms with Gasteiger partial charge in [-0.25, -0.2) is 0 Å². The van der Waals surface area contributed by atoms with Crippen LogP contribution in [0.15, 0.2) is 24.4 Å². The molecule has 0 N–H and O–H groups in total. The van der Waals surface area contributed by atoms with Crippen LogP contribution in [0.3, 0.4) is 0 Å². The zero-order valence-corrected chi connectivity index (χ0v) is 10.5. The Balaban J connectivity index is 2.88. The molecule has 0 aliphatic heterocycles. The lowest BCUT2D eigenvalue weighted by Gasteiger charge is -2.15. The minimum Gasteiger partial charge on any atom is -0.298 e. The van der Waals surface area contributed by atoms with Crippen LogP contribution in [0.4, 0.5) is 13.2 Å². The van der Waals surface area contributed by atoms with E-state index in [1.165, 1.54) is 12.3 Å². The van der Waals surface area contributed by atoms with Crippen LogP contribution >= 0.6 is 0 Å². The Morgan fingerprint density at radius 2 is 1.95 bits per heavy atom. The fourth-order valence-corrected chi connectivity index (χ4v) is 2.23. The van der Waals surface area contributed by atoms with Gasteiger partial charge >= 0.3 is 6.18 Å². The van der Waals surface area contributed by atoms with Crippen molar-refractivity contribution in [2.75, 3.05) is 0 Å². The monoisotopic (exact) mass is 267 g/mol. The van der Waals surface area contributed by atoms with Crippen molar-refractivity contribution in [3.8, 4) is 0 Å². The summed E-state index contributed by atoms with van der Waals surface area (Å²) in [7, 11) is 0. The topological polar surface area (TPSA) is 30.0 Å². The molecule has 0 atom stereocenters. The van der Waals surface area contributed by atoms with Gasteiger partial charge in [0.15, 0.2) is 6.29 Å². The molecular formula is C14H12F3NO. The molecule has 2 nitrogen and oxygen atoms in total. The lowest BCUT2D eigenvalue weighted by atomic mass is 9.93. The van der Waals surface area contributed by atoms with Crippen molar-refractivity contribution >= 4 is 17.2 Å². The molecule has 0 fully saturated rings. The van der Waals surface area contributed by atoms with Gasteiger partial charge in [0.25, 0.3) is 0 Å². The quantitative estimate of drug-likeness (QED) is 0.764. The van der Waals surface area contributed by atoms with Crippen LogP contribution in [0.2, 0.25) is 0 Å². The van der Waals surface area contributed by atoms with Crippen molar-refractivity contribution in [1.82, 2.24) is 4.98 Å². The van der Waals surface area contributed by atoms with E-state index < -0.39 is 11.7 Å². The standard InChI is InChI=1S/C14H12F3NO/c1-8(2)12-9(7-19)6-18-13-10(12)4-3-5-11(13)14(15,16)17/h3-8H,1-2H3. The van der Waals surface area contributed by atoms with Gasteiger partial charge in [0, 0.05) is 17.1 Å². The van der Waals surface area contributed by atoms with E-state index in [0.29, 0.717) is 22.8 Å². The molecule has 1 aromatic heterocycles. The highest BCUT2D eigenvalue weighted by Crippen LogP contribution is 2.36. The van der Waals surface area contributed by atoms with Crippen molar-refractivity contribution < 1.29 is 18.0 Å². The normalized spacial score (nSPS) is 12.1. The van der Waals surface area contributed by atoms with Crippen LogP contribution in [-0.2, 0) is 6.18 Å². The fourth-order valence-electron chi connectivity index (χ4n) is 2.23. The van der Waals surface area contributed by atoms with Gasteiger partial charge in [-0.05, 0) is 17.5 Å². The number of aromatic nitrogens is 1. The first-order chi connectivity index (χ1) is 8.86. The summed E-state index contributed by atoms with van der Waals surface area (Å²) >= 11 is 0. The van der Waals surface area contributed by atoms with Crippen LogP contribution in [0.25, 0.3) is 10.9 Å². The van der Waals surface area contributed by atoms with Gasteiger partial charge in [-0.3, -0.25) is 9.78 Å². The number of hydrogen-bond donors (Lipinski definition) is 0. The number of aldehydes is 1. The highest BCUT2D eigenvalue weighted by Gasteiger charge is 2.33. The molecule has 19 heavy (non-hydrogen) atoms. The minimum absolute atomic E-state index is 0.0609. The second-order valence-electron chi connectivity index (χ2n) is 4.60. The van der Waals surface area contributed by atoms with E-state index in [4.69, 9.17) is 0 Å². The van der Waals surface area contributed by atoms with Gasteiger partial charge in [0.05, 0.1) is 11.1 Å². The summed E-state index contributed by atoms with van der Waals surface area (Å²) in [5, 5.41) is 0.384. The Kier molecular flexibility index (Phi) is 3.30. The van der Waals surface area contributed by atoms with Gasteiger partial charge in [-0.15, -0.1) is 0 Å². The molecule has 0 amide bonds. The van der Waals surface area contributed by atoms with Gasteiger partial charge in [0.1, 0.15) is 0 Å². The first kappa shape index (κ1) is 13.5. The molecule has 100 valence electrons. The number of rotatable bonds is 2. The number of halogens is 3. The van der Waals surface area contributed by atoms with Crippen molar-refractivity contribution in [3.05, 3.63) is 41.1 Å². The van der Waals surface area contributed by atoms with Gasteiger partial charge < -0.3 is 0 Å². The summed E-state index contributed by atoms with van der Waals surface area (Å²) < 4.78 is 38.8. The van der Waals surface area contributed by atoms with Crippen molar-refractivity contribution in [2.24, 2.45) is 0 Å². The SMILES string of the molecule is CC(C)c1c(C=O)cnc2c(C(F)(F)F)cccc12. The first-order valence-electron chi connectivity index (χ1n) is 5.80. The largest absolute Gasteiger partial charge is 0.418 e. The van der Waals surface area contributed by atoms with Gasteiger partial charge in [-0.2, -0.15) is 13.2 Å². The maximum Gasteiger partial charge on any atom is 0.418 e. The molecule has 2 aromatic rings. The number of fused-ring (bicyclic) bond motifs is 1. The van der Waals surface area contributed by atoms with E-state index >= 15 is 0 Å². The number of benzene rings is 1. The number of carbonyl (C=O) groups excluding carboxylic acids is 1. The highest BCUT2D eigenvalue weighted by molar-refractivity contribution is 5.92. The third kappa shape index (κ3) is 2.32. The number of hydrogen-bond acceptors (Lipinski definition) is 2. The van der Waals surface area contributed by atoms with Crippen LogP contribution in [-0.4, -0.2) is 11.3 Å². The third-order valence-corrected chi connectivity index (χ3v) is 2.98. The Morgan fingerprint density at radius 1 is 1.26 bits per heavy atom. The van der Waals surface area contributed by atoms with E-state index in [0.717, 1.165) is 6.07 Å². The Labute approximate surface area is 108 Å². The molecule has 0 aliphatic carbocycles. The number of nitrogens with zero attached hydrogens (tertiary/aromatic N) is 1. The van der Waals surface area contributed by atoms with Crippen LogP contribution in [0.1, 0.15) is 41.3 Å². The summed E-state index contributed by atoms with van der Waals surface area (Å²) in [6, 6.07) is 3.91. The molecule has 0 bridgehead atoms. The lowest BCUT2D eigenvalue weighted by molar-refractivity contribution is -0.136. The summed E-state index contributed by atoms with van der Waals surface area (Å²) in [5.41, 5.74) is 0.0570. The van der Waals surface area contributed by atoms with E-state index in [-0.39, 0.29) is 11.4 Å². The third-order valence-electron chi connectivity index (χ3n) is 2.98. The van der Waals surface area contributed by atoms with Crippen LogP contribution < -0.4 is 0 Å². The molecule has 5 heteroatoms. The average molecular weight is 267 g/mol. The molecule has 0 saturated heterocycles. The van der Waals surface area contributed by atoms with Crippen molar-refractivity contribution in [3.63, 3.8) is 0 Å². The highest BCUT2D eigenvalue weighted by atomic mass is 19.4. The number of alkyl halides is 3. The Morgan fingerprint density at radius 3 is 2.47 bits per heavy atom. The first-order valence-corrected chi connectivity index (χ1v) is 5.80. The molecule has 1 aromatic carbocycles. The molecule has 0 aliphatic rings. The molecule has 2 rings (SSSR count). The second kappa shape index (κ2) is 4.64. The maximum atomic E-state index is 12.9. The second-order valence-corrected chi connectivity index (χ2v) is 4.60. The predicted octanol–water partition coefficient (Wildman–Crippen LogP) is 4.19. The van der Waals surface area contributed by atoms with E-state index in [1.54, 1.807) is 6.07 Å². The minimum atomic E-state index is -4.45. The van der Waals surface area contributed by atoms with Gasteiger partial charge in [-0.1, -0.05) is 26.0 Å². The Hall–Kier alpha value is -1.91. The Bertz CT molecular complexity index is 632. The zero-order chi connectivity index (χ0) is 14.2. The molecule has 1 heterocycles. The van der Waals surface area contributed by atoms with Crippen LogP contribution in [0.5, 0.6) is 0 Å². The fraction of sp³-hybridized carbons (Fsp3) is 0.286. The zero-order valence-electron chi connectivity index (χ0n) is 10.5. The molecule has 0 radical (unpaired) electrons. The summed E-state index contributed by atoms with van der Waals surface area (Å²) in [4.78, 5) is 14.8. The van der Waals surface area contributed by atoms with Gasteiger partial charge in [0.2, 0.25) is 0 Å². The smallest absolute Gasteiger partial charge is 0.298 e. The molecule has 0 saturated carbocycles. The number of carbonyl (C=O) groups is 1. The predicted molar refractivity (Wildman–Crippen MR) is 66.2 cm³/mol. The van der Waals surface area contributed by atoms with E-state index in [9.17, 15) is 18.0 Å². The van der Waals surface area contributed by atoms with Crippen molar-refractivity contribution in [1.29, 1.82) is 0 Å². The summed E-state index contributed by atoms with van der Waals surface area (Å²) in [5.74, 6) is -0.0609. The molecule has 0 spiro atoms. The van der Waals surface area contributed by atoms with Crippen LogP contribution in [0, 0.1) is 0 Å². The average Bonchev–Trinajstić information content (AvgIpc) is 2.34. The summed E-state index contributed by atoms with van der Waals surface area (Å²) in [6.45, 7) is 3.67. The molecular weight excluding hydrogens is 255 g/mol. The maximum absolute atomic E-state index is 12.9. The number of pyridine rings is 1. The molecule has 0 unspecified atom stereocenters.